The summed E-state index contributed by atoms with van der Waals surface area (Å²) in [6.07, 6.45) is 3.05. The van der Waals surface area contributed by atoms with Gasteiger partial charge in [-0.15, -0.1) is 11.8 Å². The molecule has 0 aliphatic rings. The summed E-state index contributed by atoms with van der Waals surface area (Å²) in [5, 5.41) is 21.4. The first kappa shape index (κ1) is 23.1. The lowest BCUT2D eigenvalue weighted by Gasteiger charge is -2.23. The fraction of sp³-hybridized carbons (Fsp3) is 0.238. The summed E-state index contributed by atoms with van der Waals surface area (Å²) in [5.74, 6) is -1.00. The smallest absolute Gasteiger partial charge is 0.412 e. The molecule has 0 aliphatic heterocycles. The van der Waals surface area contributed by atoms with Crippen LogP contribution in [0.15, 0.2) is 59.5 Å². The number of rotatable bonds is 8. The molecule has 0 radical (unpaired) electrons. The molecular weight excluding hydrogens is 408 g/mol. The van der Waals surface area contributed by atoms with Crippen molar-refractivity contribution >= 4 is 29.4 Å². The first-order chi connectivity index (χ1) is 14.4. The van der Waals surface area contributed by atoms with Crippen molar-refractivity contribution < 1.29 is 29.4 Å². The van der Waals surface area contributed by atoms with Gasteiger partial charge in [-0.3, -0.25) is 15.3 Å². The van der Waals surface area contributed by atoms with E-state index in [2.05, 4.69) is 5.32 Å². The van der Waals surface area contributed by atoms with Crippen molar-refractivity contribution in [2.45, 2.75) is 17.9 Å². The fourth-order valence-electron chi connectivity index (χ4n) is 2.68. The number of phenolic OH excluding ortho intramolecular Hbond substituents is 1. The molecule has 2 aromatic rings. The minimum atomic E-state index is -0.824. The molecule has 0 saturated carbocycles. The van der Waals surface area contributed by atoms with Crippen molar-refractivity contribution in [1.82, 2.24) is 5.48 Å². The quantitative estimate of drug-likeness (QED) is 0.215. The summed E-state index contributed by atoms with van der Waals surface area (Å²) < 4.78 is 10.6. The Kier molecular flexibility index (Phi) is 8.57. The van der Waals surface area contributed by atoms with E-state index in [0.717, 1.165) is 11.0 Å². The number of hydrogen-bond donors (Lipinski definition) is 4. The summed E-state index contributed by atoms with van der Waals surface area (Å²) >= 11 is 1.59. The summed E-state index contributed by atoms with van der Waals surface area (Å²) in [6, 6.07) is 11.9. The van der Waals surface area contributed by atoms with E-state index >= 15 is 0 Å². The second-order valence-corrected chi connectivity index (χ2v) is 7.18. The van der Waals surface area contributed by atoms with Crippen LogP contribution in [-0.2, 0) is 9.53 Å². The first-order valence-corrected chi connectivity index (χ1v) is 10.2. The predicted octanol–water partition coefficient (Wildman–Crippen LogP) is 4.11. The predicted molar refractivity (Wildman–Crippen MR) is 114 cm³/mol. The number of carbonyl (C=O) groups is 2. The molecule has 9 heteroatoms. The number of nitrogens with one attached hydrogen (secondary N) is 2. The Bertz CT molecular complexity index is 901. The van der Waals surface area contributed by atoms with Crippen LogP contribution in [-0.4, -0.2) is 35.7 Å². The van der Waals surface area contributed by atoms with Crippen LogP contribution in [0.4, 0.5) is 10.5 Å². The molecular formula is C21H24N2O6S. The normalized spacial score (nSPS) is 12.8. The fourth-order valence-corrected chi connectivity index (χ4v) is 3.09. The highest BCUT2D eigenvalue weighted by Crippen LogP contribution is 2.34. The average Bonchev–Trinajstić information content (AvgIpc) is 2.76. The lowest BCUT2D eigenvalue weighted by atomic mass is 9.96. The van der Waals surface area contributed by atoms with Gasteiger partial charge in [0.2, 0.25) is 0 Å². The monoisotopic (exact) mass is 432 g/mol. The molecule has 8 nitrogen and oxygen atoms in total. The molecule has 0 fully saturated rings. The Labute approximate surface area is 178 Å². The van der Waals surface area contributed by atoms with Gasteiger partial charge in [0.15, 0.2) is 11.5 Å². The van der Waals surface area contributed by atoms with Crippen molar-refractivity contribution in [2.24, 2.45) is 5.92 Å². The van der Waals surface area contributed by atoms with E-state index in [9.17, 15) is 14.7 Å². The molecule has 160 valence electrons. The van der Waals surface area contributed by atoms with Gasteiger partial charge in [0.1, 0.15) is 6.10 Å². The minimum Gasteiger partial charge on any atom is -0.504 e. The zero-order valence-electron chi connectivity index (χ0n) is 16.8. The van der Waals surface area contributed by atoms with Gasteiger partial charge in [0.25, 0.3) is 5.91 Å². The number of thioether (sulfide) groups is 1. The Morgan fingerprint density at radius 1 is 1.17 bits per heavy atom. The Morgan fingerprint density at radius 3 is 2.43 bits per heavy atom. The molecule has 2 rings (SSSR count). The minimum absolute atomic E-state index is 0.110. The maximum Gasteiger partial charge on any atom is 0.412 e. The van der Waals surface area contributed by atoms with E-state index in [-0.39, 0.29) is 11.5 Å². The van der Waals surface area contributed by atoms with Gasteiger partial charge in [0.05, 0.1) is 7.11 Å². The van der Waals surface area contributed by atoms with E-state index in [0.29, 0.717) is 11.3 Å². The third-order valence-electron chi connectivity index (χ3n) is 4.24. The first-order valence-electron chi connectivity index (χ1n) is 8.98. The zero-order valence-corrected chi connectivity index (χ0v) is 17.6. The molecule has 0 aliphatic carbocycles. The molecule has 0 aromatic heterocycles. The van der Waals surface area contributed by atoms with E-state index < -0.39 is 24.0 Å². The lowest BCUT2D eigenvalue weighted by Crippen LogP contribution is -2.22. The molecule has 0 heterocycles. The SMILES string of the molecule is COc1ccc([C@H](OC(=O)Nc2ccc(SC)cc2)[C@H](C)/C=C/C(=O)NO)cc1O. The highest BCUT2D eigenvalue weighted by molar-refractivity contribution is 7.98. The van der Waals surface area contributed by atoms with Crippen molar-refractivity contribution in [3.63, 3.8) is 0 Å². The maximum absolute atomic E-state index is 12.5. The van der Waals surface area contributed by atoms with Gasteiger partial charge >= 0.3 is 6.09 Å². The third-order valence-corrected chi connectivity index (χ3v) is 4.98. The number of amides is 2. The van der Waals surface area contributed by atoms with Gasteiger partial charge in [-0.1, -0.05) is 19.1 Å². The lowest BCUT2D eigenvalue weighted by molar-refractivity contribution is -0.124. The van der Waals surface area contributed by atoms with Gasteiger partial charge < -0.3 is 14.6 Å². The second-order valence-electron chi connectivity index (χ2n) is 6.30. The molecule has 30 heavy (non-hydrogen) atoms. The highest BCUT2D eigenvalue weighted by Gasteiger charge is 2.24. The number of ether oxygens (including phenoxy) is 2. The molecule has 2 aromatic carbocycles. The highest BCUT2D eigenvalue weighted by atomic mass is 32.2. The summed E-state index contributed by atoms with van der Waals surface area (Å²) in [4.78, 5) is 24.8. The summed E-state index contributed by atoms with van der Waals surface area (Å²) in [7, 11) is 1.43. The zero-order chi connectivity index (χ0) is 22.1. The molecule has 0 saturated heterocycles. The van der Waals surface area contributed by atoms with Crippen LogP contribution in [0.2, 0.25) is 0 Å². The van der Waals surface area contributed by atoms with Crippen LogP contribution in [0.25, 0.3) is 0 Å². The second kappa shape index (κ2) is 11.1. The van der Waals surface area contributed by atoms with Crippen molar-refractivity contribution in [3.8, 4) is 11.5 Å². The number of anilines is 1. The summed E-state index contributed by atoms with van der Waals surface area (Å²) in [5.41, 5.74) is 2.57. The van der Waals surface area contributed by atoms with Crippen molar-refractivity contribution in [2.75, 3.05) is 18.7 Å². The van der Waals surface area contributed by atoms with Crippen LogP contribution in [0.3, 0.4) is 0 Å². The molecule has 4 N–H and O–H groups in total. The number of hydrogen-bond acceptors (Lipinski definition) is 7. The van der Waals surface area contributed by atoms with Crippen molar-refractivity contribution in [3.05, 3.63) is 60.2 Å². The van der Waals surface area contributed by atoms with Crippen molar-refractivity contribution in [1.29, 1.82) is 0 Å². The largest absolute Gasteiger partial charge is 0.504 e. The van der Waals surface area contributed by atoms with E-state index in [1.54, 1.807) is 43.0 Å². The van der Waals surface area contributed by atoms with Gasteiger partial charge in [-0.2, -0.15) is 0 Å². The van der Waals surface area contributed by atoms with Gasteiger partial charge in [-0.05, 0) is 48.2 Å². The van der Waals surface area contributed by atoms with Crippen LogP contribution >= 0.6 is 11.8 Å². The molecule has 0 spiro atoms. The molecule has 2 amide bonds. The number of phenols is 1. The molecule has 2 atom stereocenters. The standard InChI is InChI=1S/C21H24N2O6S/c1-13(4-11-19(25)23-27)20(14-5-10-18(28-2)17(24)12-14)29-21(26)22-15-6-8-16(30-3)9-7-15/h4-13,20,24,27H,1-3H3,(H,22,26)(H,23,25)/b11-4+/t13-,20-/m1/s1. The number of benzene rings is 2. The van der Waals surface area contributed by atoms with E-state index in [4.69, 9.17) is 14.7 Å². The number of methoxy groups -OCH3 is 1. The van der Waals surface area contributed by atoms with Gasteiger partial charge in [-0.25, -0.2) is 10.3 Å². The van der Waals surface area contributed by atoms with Crippen LogP contribution in [0.1, 0.15) is 18.6 Å². The van der Waals surface area contributed by atoms with Crippen LogP contribution < -0.4 is 15.5 Å². The number of carbonyl (C=O) groups excluding carboxylic acids is 2. The average molecular weight is 432 g/mol. The Hall–Kier alpha value is -3.17. The van der Waals surface area contributed by atoms with E-state index in [1.807, 2.05) is 18.4 Å². The Morgan fingerprint density at radius 2 is 1.87 bits per heavy atom. The maximum atomic E-state index is 12.5. The topological polar surface area (TPSA) is 117 Å². The Balaban J connectivity index is 2.23. The number of aromatic hydroxyl groups is 1. The van der Waals surface area contributed by atoms with Crippen LogP contribution in [0, 0.1) is 5.92 Å². The summed E-state index contributed by atoms with van der Waals surface area (Å²) in [6.45, 7) is 1.73. The molecule has 0 bridgehead atoms. The molecule has 0 unspecified atom stereocenters. The van der Waals surface area contributed by atoms with Gasteiger partial charge in [0, 0.05) is 22.6 Å². The third kappa shape index (κ3) is 6.43. The van der Waals surface area contributed by atoms with E-state index in [1.165, 1.54) is 24.7 Å². The van der Waals surface area contributed by atoms with Crippen LogP contribution in [0.5, 0.6) is 11.5 Å². The number of hydroxylamine groups is 1.